The van der Waals surface area contributed by atoms with Gasteiger partial charge in [0.25, 0.3) is 0 Å². The average Bonchev–Trinajstić information content (AvgIpc) is 2.55. The van der Waals surface area contributed by atoms with E-state index in [0.717, 1.165) is 19.7 Å². The Bertz CT molecular complexity index is 299. The quantitative estimate of drug-likeness (QED) is 0.781. The van der Waals surface area contributed by atoms with Crippen LogP contribution in [-0.4, -0.2) is 30.0 Å². The largest absolute Gasteiger partial charge is 0.383 e. The predicted molar refractivity (Wildman–Crippen MR) is 68.2 cm³/mol. The molecule has 4 nitrogen and oxygen atoms in total. The van der Waals surface area contributed by atoms with E-state index >= 15 is 0 Å². The smallest absolute Gasteiger partial charge is 0.0587 e. The standard InChI is InChI=1S/C11H21N3O.ClH/c1-9(2)14-10(3)11(8-13-14)7-12-5-6-15-4;/h8-9,12H,5-7H2,1-4H3;1H. The van der Waals surface area contributed by atoms with E-state index in [-0.39, 0.29) is 12.4 Å². The summed E-state index contributed by atoms with van der Waals surface area (Å²) in [5.74, 6) is 0. The lowest BCUT2D eigenvalue weighted by Crippen LogP contribution is -2.19. The summed E-state index contributed by atoms with van der Waals surface area (Å²) in [6.45, 7) is 8.88. The van der Waals surface area contributed by atoms with E-state index in [4.69, 9.17) is 4.74 Å². The third-order valence-electron chi connectivity index (χ3n) is 2.43. The first kappa shape index (κ1) is 15.4. The number of hydrogen-bond donors (Lipinski definition) is 1. The Balaban J connectivity index is 0.00000225. The van der Waals surface area contributed by atoms with E-state index in [0.29, 0.717) is 6.04 Å². The fraction of sp³-hybridized carbons (Fsp3) is 0.727. The molecule has 5 heteroatoms. The zero-order chi connectivity index (χ0) is 11.3. The van der Waals surface area contributed by atoms with Gasteiger partial charge in [0.1, 0.15) is 0 Å². The third kappa shape index (κ3) is 4.12. The number of halogens is 1. The molecule has 1 heterocycles. The van der Waals surface area contributed by atoms with Crippen LogP contribution in [-0.2, 0) is 11.3 Å². The molecule has 0 aliphatic rings. The molecule has 1 rings (SSSR count). The van der Waals surface area contributed by atoms with Gasteiger partial charge >= 0.3 is 0 Å². The van der Waals surface area contributed by atoms with Gasteiger partial charge < -0.3 is 10.1 Å². The first-order chi connectivity index (χ1) is 7.16. The molecule has 0 aliphatic carbocycles. The molecule has 1 aromatic rings. The molecule has 94 valence electrons. The second kappa shape index (κ2) is 7.65. The zero-order valence-corrected chi connectivity index (χ0v) is 11.3. The van der Waals surface area contributed by atoms with Gasteiger partial charge in [-0.1, -0.05) is 0 Å². The number of ether oxygens (including phenoxy) is 1. The molecule has 0 atom stereocenters. The van der Waals surface area contributed by atoms with Crippen molar-refractivity contribution in [3.8, 4) is 0 Å². The van der Waals surface area contributed by atoms with Gasteiger partial charge in [-0.05, 0) is 20.8 Å². The third-order valence-corrected chi connectivity index (χ3v) is 2.43. The summed E-state index contributed by atoms with van der Waals surface area (Å²) in [5, 5.41) is 7.68. The van der Waals surface area contributed by atoms with Crippen LogP contribution in [0.2, 0.25) is 0 Å². The second-order valence-electron chi connectivity index (χ2n) is 3.96. The minimum Gasteiger partial charge on any atom is -0.383 e. The minimum absolute atomic E-state index is 0. The molecule has 0 bridgehead atoms. The van der Waals surface area contributed by atoms with Crippen molar-refractivity contribution in [3.63, 3.8) is 0 Å². The molecule has 0 fully saturated rings. The monoisotopic (exact) mass is 247 g/mol. The van der Waals surface area contributed by atoms with Crippen molar-refractivity contribution in [2.75, 3.05) is 20.3 Å². The Morgan fingerprint density at radius 2 is 2.19 bits per heavy atom. The van der Waals surface area contributed by atoms with Crippen LogP contribution in [0.5, 0.6) is 0 Å². The Kier molecular flexibility index (Phi) is 7.38. The highest BCUT2D eigenvalue weighted by Crippen LogP contribution is 2.12. The average molecular weight is 248 g/mol. The number of nitrogens with one attached hydrogen (secondary N) is 1. The SMILES string of the molecule is COCCNCc1cnn(C(C)C)c1C.Cl. The van der Waals surface area contributed by atoms with Gasteiger partial charge in [-0.2, -0.15) is 5.10 Å². The van der Waals surface area contributed by atoms with Crippen molar-refractivity contribution >= 4 is 12.4 Å². The maximum Gasteiger partial charge on any atom is 0.0587 e. The first-order valence-electron chi connectivity index (χ1n) is 5.39. The van der Waals surface area contributed by atoms with Crippen molar-refractivity contribution in [2.24, 2.45) is 0 Å². The van der Waals surface area contributed by atoms with Crippen LogP contribution in [0, 0.1) is 6.92 Å². The first-order valence-corrected chi connectivity index (χ1v) is 5.39. The molecule has 0 amide bonds. The molecule has 0 unspecified atom stereocenters. The van der Waals surface area contributed by atoms with Gasteiger partial charge in [-0.25, -0.2) is 0 Å². The van der Waals surface area contributed by atoms with Gasteiger partial charge in [0.15, 0.2) is 0 Å². The lowest BCUT2D eigenvalue weighted by molar-refractivity contribution is 0.199. The maximum absolute atomic E-state index is 4.97. The molecule has 0 saturated carbocycles. The zero-order valence-electron chi connectivity index (χ0n) is 10.5. The van der Waals surface area contributed by atoms with Gasteiger partial charge in [0.2, 0.25) is 0 Å². The highest BCUT2D eigenvalue weighted by Gasteiger charge is 2.07. The molecule has 0 aliphatic heterocycles. The molecule has 0 aromatic carbocycles. The second-order valence-corrected chi connectivity index (χ2v) is 3.96. The summed E-state index contributed by atoms with van der Waals surface area (Å²) < 4.78 is 7.02. The van der Waals surface area contributed by atoms with Gasteiger partial charge in [-0.3, -0.25) is 4.68 Å². The maximum atomic E-state index is 4.97. The van der Waals surface area contributed by atoms with E-state index in [1.54, 1.807) is 7.11 Å². The van der Waals surface area contributed by atoms with E-state index < -0.39 is 0 Å². The van der Waals surface area contributed by atoms with Crippen LogP contribution in [0.1, 0.15) is 31.1 Å². The van der Waals surface area contributed by atoms with Gasteiger partial charge in [0.05, 0.1) is 12.8 Å². The molecule has 0 saturated heterocycles. The fourth-order valence-electron chi connectivity index (χ4n) is 1.55. The van der Waals surface area contributed by atoms with Crippen molar-refractivity contribution in [2.45, 2.75) is 33.4 Å². The summed E-state index contributed by atoms with van der Waals surface area (Å²) in [6, 6.07) is 0.428. The van der Waals surface area contributed by atoms with Crippen LogP contribution in [0.15, 0.2) is 6.20 Å². The summed E-state index contributed by atoms with van der Waals surface area (Å²) in [6.07, 6.45) is 1.94. The Morgan fingerprint density at radius 1 is 1.50 bits per heavy atom. The summed E-state index contributed by atoms with van der Waals surface area (Å²) in [5.41, 5.74) is 2.51. The van der Waals surface area contributed by atoms with E-state index in [1.807, 2.05) is 10.9 Å². The summed E-state index contributed by atoms with van der Waals surface area (Å²) in [4.78, 5) is 0. The molecular formula is C11H22ClN3O. The van der Waals surface area contributed by atoms with Crippen LogP contribution in [0.3, 0.4) is 0 Å². The van der Waals surface area contributed by atoms with Crippen LogP contribution in [0.4, 0.5) is 0 Å². The molecule has 0 spiro atoms. The molecular weight excluding hydrogens is 226 g/mol. The highest BCUT2D eigenvalue weighted by atomic mass is 35.5. The van der Waals surface area contributed by atoms with Crippen molar-refractivity contribution in [1.82, 2.24) is 15.1 Å². The highest BCUT2D eigenvalue weighted by molar-refractivity contribution is 5.85. The molecule has 0 radical (unpaired) electrons. The normalized spacial score (nSPS) is 10.6. The Hall–Kier alpha value is -0.580. The Morgan fingerprint density at radius 3 is 2.69 bits per heavy atom. The number of methoxy groups -OCH3 is 1. The minimum atomic E-state index is 0. The van der Waals surface area contributed by atoms with Crippen LogP contribution in [0.25, 0.3) is 0 Å². The number of nitrogens with zero attached hydrogens (tertiary/aromatic N) is 2. The number of aromatic nitrogens is 2. The number of rotatable bonds is 6. The lowest BCUT2D eigenvalue weighted by Gasteiger charge is -2.09. The van der Waals surface area contributed by atoms with Crippen molar-refractivity contribution in [1.29, 1.82) is 0 Å². The molecule has 16 heavy (non-hydrogen) atoms. The summed E-state index contributed by atoms with van der Waals surface area (Å²) in [7, 11) is 1.71. The van der Waals surface area contributed by atoms with Crippen molar-refractivity contribution < 1.29 is 4.74 Å². The van der Waals surface area contributed by atoms with Gasteiger partial charge in [0, 0.05) is 37.5 Å². The Labute approximate surface area is 104 Å². The summed E-state index contributed by atoms with van der Waals surface area (Å²) >= 11 is 0. The van der Waals surface area contributed by atoms with Gasteiger partial charge in [-0.15, -0.1) is 12.4 Å². The van der Waals surface area contributed by atoms with E-state index in [2.05, 4.69) is 31.2 Å². The van der Waals surface area contributed by atoms with Crippen LogP contribution < -0.4 is 5.32 Å². The van der Waals surface area contributed by atoms with Crippen molar-refractivity contribution in [3.05, 3.63) is 17.5 Å². The van der Waals surface area contributed by atoms with Crippen LogP contribution >= 0.6 is 12.4 Å². The fourth-order valence-corrected chi connectivity index (χ4v) is 1.55. The van der Waals surface area contributed by atoms with E-state index in [9.17, 15) is 0 Å². The molecule has 1 N–H and O–H groups in total. The lowest BCUT2D eigenvalue weighted by atomic mass is 10.2. The topological polar surface area (TPSA) is 39.1 Å². The van der Waals surface area contributed by atoms with E-state index in [1.165, 1.54) is 11.3 Å². The number of hydrogen-bond acceptors (Lipinski definition) is 3. The predicted octanol–water partition coefficient (Wildman–Crippen LogP) is 1.93. The molecule has 1 aromatic heterocycles.